The minimum atomic E-state index is -0.556. The van der Waals surface area contributed by atoms with E-state index < -0.39 is 6.10 Å². The van der Waals surface area contributed by atoms with Crippen molar-refractivity contribution in [3.8, 4) is 5.75 Å². The second-order valence-corrected chi connectivity index (χ2v) is 4.91. The molecule has 20 heavy (non-hydrogen) atoms. The van der Waals surface area contributed by atoms with Crippen LogP contribution in [0.15, 0.2) is 24.5 Å². The van der Waals surface area contributed by atoms with Gasteiger partial charge < -0.3 is 9.84 Å². The Morgan fingerprint density at radius 2 is 2.20 bits per heavy atom. The van der Waals surface area contributed by atoms with Gasteiger partial charge in [-0.2, -0.15) is 5.10 Å². The minimum absolute atomic E-state index is 0.350. The zero-order chi connectivity index (χ0) is 14.5. The lowest BCUT2D eigenvalue weighted by atomic mass is 10.1. The smallest absolute Gasteiger partial charge is 0.164 e. The number of aliphatic hydroxyl groups excluding tert-OH is 1. The highest BCUT2D eigenvalue weighted by Gasteiger charge is 2.11. The van der Waals surface area contributed by atoms with Gasteiger partial charge in [0.1, 0.15) is 18.7 Å². The van der Waals surface area contributed by atoms with E-state index >= 15 is 0 Å². The second kappa shape index (κ2) is 6.52. The van der Waals surface area contributed by atoms with Gasteiger partial charge in [-0.1, -0.05) is 19.1 Å². The Morgan fingerprint density at radius 1 is 1.40 bits per heavy atom. The number of hydrogen-bond donors (Lipinski definition) is 1. The fraction of sp³-hybridized carbons (Fsp3) is 0.467. The molecule has 0 bridgehead atoms. The van der Waals surface area contributed by atoms with Gasteiger partial charge in [-0.25, -0.2) is 9.67 Å². The average Bonchev–Trinajstić information content (AvgIpc) is 2.84. The molecule has 0 radical (unpaired) electrons. The van der Waals surface area contributed by atoms with E-state index in [0.29, 0.717) is 12.4 Å². The van der Waals surface area contributed by atoms with E-state index in [-0.39, 0.29) is 0 Å². The molecular weight excluding hydrogens is 254 g/mol. The zero-order valence-electron chi connectivity index (χ0n) is 12.2. The first-order valence-corrected chi connectivity index (χ1v) is 6.90. The normalized spacial score (nSPS) is 12.4. The molecule has 0 aliphatic rings. The molecule has 0 amide bonds. The summed E-state index contributed by atoms with van der Waals surface area (Å²) in [5.41, 5.74) is 1.89. The van der Waals surface area contributed by atoms with Gasteiger partial charge in [0.2, 0.25) is 0 Å². The van der Waals surface area contributed by atoms with Crippen molar-refractivity contribution in [1.29, 1.82) is 0 Å². The van der Waals surface area contributed by atoms with Crippen LogP contribution in [0.1, 0.15) is 43.3 Å². The van der Waals surface area contributed by atoms with E-state index in [2.05, 4.69) is 17.0 Å². The summed E-state index contributed by atoms with van der Waals surface area (Å²) in [7, 11) is 0. The summed E-state index contributed by atoms with van der Waals surface area (Å²) in [5, 5.41) is 13.9. The molecule has 2 aromatic rings. The predicted octanol–water partition coefficient (Wildman–Crippen LogP) is 2.63. The van der Waals surface area contributed by atoms with Crippen molar-refractivity contribution < 1.29 is 9.84 Å². The highest BCUT2D eigenvalue weighted by Crippen LogP contribution is 2.26. The van der Waals surface area contributed by atoms with E-state index in [1.54, 1.807) is 13.3 Å². The summed E-state index contributed by atoms with van der Waals surface area (Å²) >= 11 is 0. The number of aliphatic hydroxyl groups is 1. The number of benzene rings is 1. The fourth-order valence-corrected chi connectivity index (χ4v) is 2.05. The van der Waals surface area contributed by atoms with Crippen molar-refractivity contribution in [2.75, 3.05) is 0 Å². The van der Waals surface area contributed by atoms with Gasteiger partial charge in [-0.15, -0.1) is 0 Å². The predicted molar refractivity (Wildman–Crippen MR) is 76.5 cm³/mol. The van der Waals surface area contributed by atoms with Crippen LogP contribution < -0.4 is 4.74 Å². The van der Waals surface area contributed by atoms with Crippen molar-refractivity contribution in [2.24, 2.45) is 0 Å². The van der Waals surface area contributed by atoms with Gasteiger partial charge >= 0.3 is 0 Å². The molecule has 0 saturated carbocycles. The van der Waals surface area contributed by atoms with Crippen LogP contribution in [0, 0.1) is 6.92 Å². The summed E-state index contributed by atoms with van der Waals surface area (Å²) in [5.74, 6) is 1.50. The maximum atomic E-state index is 9.78. The Balaban J connectivity index is 2.14. The lowest BCUT2D eigenvalue weighted by Crippen LogP contribution is -2.09. The molecule has 0 fully saturated rings. The van der Waals surface area contributed by atoms with E-state index in [9.17, 15) is 5.11 Å². The summed E-state index contributed by atoms with van der Waals surface area (Å²) in [4.78, 5) is 4.21. The quantitative estimate of drug-likeness (QED) is 0.880. The van der Waals surface area contributed by atoms with Crippen molar-refractivity contribution in [2.45, 2.75) is 46.4 Å². The number of ether oxygens (including phenoxy) is 1. The van der Waals surface area contributed by atoms with Gasteiger partial charge in [0.05, 0.1) is 6.10 Å². The first kappa shape index (κ1) is 14.5. The van der Waals surface area contributed by atoms with Crippen LogP contribution in [0.5, 0.6) is 5.75 Å². The Labute approximate surface area is 119 Å². The van der Waals surface area contributed by atoms with Gasteiger partial charge in [-0.3, -0.25) is 0 Å². The molecular formula is C15H21N3O2. The average molecular weight is 275 g/mol. The van der Waals surface area contributed by atoms with E-state index in [0.717, 1.165) is 29.9 Å². The van der Waals surface area contributed by atoms with Gasteiger partial charge in [0, 0.05) is 12.1 Å². The maximum absolute atomic E-state index is 9.78. The molecule has 1 aromatic heterocycles. The highest BCUT2D eigenvalue weighted by molar-refractivity contribution is 5.38. The van der Waals surface area contributed by atoms with E-state index in [1.165, 1.54) is 0 Å². The van der Waals surface area contributed by atoms with E-state index in [4.69, 9.17) is 4.74 Å². The zero-order valence-corrected chi connectivity index (χ0v) is 12.2. The topological polar surface area (TPSA) is 60.2 Å². The third-order valence-electron chi connectivity index (χ3n) is 3.11. The first-order chi connectivity index (χ1) is 9.61. The molecule has 1 atom stereocenters. The minimum Gasteiger partial charge on any atom is -0.485 e. The standard InChI is InChI=1S/C15H21N3O2/c1-4-7-18-15(16-10-17-18)9-20-14-8-11(2)5-6-13(14)12(3)19/h5-6,8,10,12,19H,4,7,9H2,1-3H3/t12-/m0/s1. The lowest BCUT2D eigenvalue weighted by molar-refractivity contribution is 0.189. The summed E-state index contributed by atoms with van der Waals surface area (Å²) in [6.45, 7) is 7.01. The Hall–Kier alpha value is -1.88. The number of aryl methyl sites for hydroxylation is 2. The third kappa shape index (κ3) is 3.36. The van der Waals surface area contributed by atoms with E-state index in [1.807, 2.05) is 29.8 Å². The van der Waals surface area contributed by atoms with Crippen LogP contribution in [0.25, 0.3) is 0 Å². The van der Waals surface area contributed by atoms with Gasteiger partial charge in [0.15, 0.2) is 5.82 Å². The number of aromatic nitrogens is 3. The molecule has 0 spiro atoms. The monoisotopic (exact) mass is 275 g/mol. The Kier molecular flexibility index (Phi) is 4.74. The summed E-state index contributed by atoms with van der Waals surface area (Å²) in [6, 6.07) is 5.79. The van der Waals surface area contributed by atoms with Crippen molar-refractivity contribution in [3.63, 3.8) is 0 Å². The molecule has 0 saturated heterocycles. The molecule has 0 aliphatic heterocycles. The van der Waals surface area contributed by atoms with Crippen molar-refractivity contribution >= 4 is 0 Å². The SMILES string of the molecule is CCCn1ncnc1COc1cc(C)ccc1[C@H](C)O. The molecule has 5 heteroatoms. The molecule has 1 heterocycles. The molecule has 1 aromatic carbocycles. The van der Waals surface area contributed by atoms with Crippen LogP contribution in [0.2, 0.25) is 0 Å². The molecule has 1 N–H and O–H groups in total. The molecule has 2 rings (SSSR count). The fourth-order valence-electron chi connectivity index (χ4n) is 2.05. The van der Waals surface area contributed by atoms with Crippen LogP contribution >= 0.6 is 0 Å². The Bertz CT molecular complexity index is 564. The van der Waals surface area contributed by atoms with Gasteiger partial charge in [0.25, 0.3) is 0 Å². The first-order valence-electron chi connectivity index (χ1n) is 6.90. The number of hydrogen-bond acceptors (Lipinski definition) is 4. The molecule has 108 valence electrons. The lowest BCUT2D eigenvalue weighted by Gasteiger charge is -2.14. The highest BCUT2D eigenvalue weighted by atomic mass is 16.5. The van der Waals surface area contributed by atoms with Crippen molar-refractivity contribution in [3.05, 3.63) is 41.5 Å². The van der Waals surface area contributed by atoms with Crippen LogP contribution in [-0.4, -0.2) is 19.9 Å². The second-order valence-electron chi connectivity index (χ2n) is 4.91. The van der Waals surface area contributed by atoms with Crippen molar-refractivity contribution in [1.82, 2.24) is 14.8 Å². The van der Waals surface area contributed by atoms with Gasteiger partial charge in [-0.05, 0) is 31.9 Å². The van der Waals surface area contributed by atoms with Crippen LogP contribution in [-0.2, 0) is 13.2 Å². The Morgan fingerprint density at radius 3 is 2.90 bits per heavy atom. The molecule has 5 nitrogen and oxygen atoms in total. The molecule has 0 unspecified atom stereocenters. The number of rotatable bonds is 6. The van der Waals surface area contributed by atoms with Crippen LogP contribution in [0.4, 0.5) is 0 Å². The number of nitrogens with zero attached hydrogens (tertiary/aromatic N) is 3. The van der Waals surface area contributed by atoms with Crippen LogP contribution in [0.3, 0.4) is 0 Å². The molecule has 0 aliphatic carbocycles. The summed E-state index contributed by atoms with van der Waals surface area (Å²) < 4.78 is 7.67. The summed E-state index contributed by atoms with van der Waals surface area (Å²) in [6.07, 6.45) is 1.99. The third-order valence-corrected chi connectivity index (χ3v) is 3.11. The largest absolute Gasteiger partial charge is 0.485 e. The maximum Gasteiger partial charge on any atom is 0.164 e.